The van der Waals surface area contributed by atoms with Crippen LogP contribution in [0.15, 0.2) is 23.4 Å². The fourth-order valence-electron chi connectivity index (χ4n) is 0.721. The van der Waals surface area contributed by atoms with Crippen molar-refractivity contribution in [1.82, 2.24) is 5.32 Å². The first-order chi connectivity index (χ1) is 4.13. The Balaban J connectivity index is 3.06. The molecule has 1 aliphatic heterocycles. The van der Waals surface area contributed by atoms with Gasteiger partial charge >= 0.3 is 0 Å². The normalized spacial score (nSPS) is 18.9. The van der Waals surface area contributed by atoms with E-state index in [9.17, 15) is 4.79 Å². The first kappa shape index (κ1) is 6.08. The lowest BCUT2D eigenvalue weighted by Crippen LogP contribution is -2.14. The van der Waals surface area contributed by atoms with Gasteiger partial charge in [0.25, 0.3) is 5.91 Å². The Hall–Kier alpha value is -1.05. The maximum absolute atomic E-state index is 10.8. The van der Waals surface area contributed by atoms with Crippen molar-refractivity contribution in [2.45, 2.75) is 13.8 Å². The van der Waals surface area contributed by atoms with E-state index in [1.807, 2.05) is 6.92 Å². The Bertz CT molecular complexity index is 191. The topological polar surface area (TPSA) is 29.1 Å². The minimum absolute atomic E-state index is 0.0162. The van der Waals surface area contributed by atoms with Crippen LogP contribution in [0, 0.1) is 0 Å². The monoisotopic (exact) mass is 123 g/mol. The van der Waals surface area contributed by atoms with Crippen molar-refractivity contribution in [3.63, 3.8) is 0 Å². The third kappa shape index (κ3) is 0.762. The van der Waals surface area contributed by atoms with Gasteiger partial charge in [0.05, 0.1) is 0 Å². The van der Waals surface area contributed by atoms with Crippen LogP contribution in [0.1, 0.15) is 13.8 Å². The van der Waals surface area contributed by atoms with Gasteiger partial charge in [-0.15, -0.1) is 0 Å². The smallest absolute Gasteiger partial charge is 0.251 e. The summed E-state index contributed by atoms with van der Waals surface area (Å²) >= 11 is 0. The molecule has 1 aliphatic rings. The number of rotatable bonds is 0. The summed E-state index contributed by atoms with van der Waals surface area (Å²) < 4.78 is 0. The van der Waals surface area contributed by atoms with Crippen molar-refractivity contribution in [3.8, 4) is 0 Å². The molecule has 0 fully saturated rings. The molecule has 0 atom stereocenters. The van der Waals surface area contributed by atoms with Gasteiger partial charge in [-0.2, -0.15) is 0 Å². The van der Waals surface area contributed by atoms with E-state index >= 15 is 0 Å². The third-order valence-corrected chi connectivity index (χ3v) is 1.62. The molecule has 1 rings (SSSR count). The minimum Gasteiger partial charge on any atom is -0.323 e. The lowest BCUT2D eigenvalue weighted by molar-refractivity contribution is -0.116. The van der Waals surface area contributed by atoms with Gasteiger partial charge in [0.2, 0.25) is 0 Å². The molecule has 0 aromatic carbocycles. The highest BCUT2D eigenvalue weighted by atomic mass is 16.1. The summed E-state index contributed by atoms with van der Waals surface area (Å²) in [7, 11) is 0. The SMILES string of the molecule is C=C1NC(=O)C(C)=C1C. The molecular formula is C7H9NO. The maximum atomic E-state index is 10.8. The molecule has 0 radical (unpaired) electrons. The Morgan fingerprint density at radius 3 is 2.00 bits per heavy atom. The molecule has 0 aromatic heterocycles. The predicted octanol–water partition coefficient (Wildman–Crippen LogP) is 0.966. The summed E-state index contributed by atoms with van der Waals surface area (Å²) in [6.07, 6.45) is 0. The van der Waals surface area contributed by atoms with E-state index in [4.69, 9.17) is 0 Å². The fourth-order valence-corrected chi connectivity index (χ4v) is 0.721. The van der Waals surface area contributed by atoms with Gasteiger partial charge in [0.15, 0.2) is 0 Å². The van der Waals surface area contributed by atoms with Crippen LogP contribution >= 0.6 is 0 Å². The largest absolute Gasteiger partial charge is 0.323 e. The summed E-state index contributed by atoms with van der Waals surface area (Å²) in [6.45, 7) is 7.33. The second-order valence-electron chi connectivity index (χ2n) is 2.18. The molecule has 0 unspecified atom stereocenters. The summed E-state index contributed by atoms with van der Waals surface area (Å²) in [6, 6.07) is 0. The number of allylic oxidation sites excluding steroid dienone is 1. The van der Waals surface area contributed by atoms with E-state index in [1.54, 1.807) is 6.92 Å². The highest BCUT2D eigenvalue weighted by molar-refractivity contribution is 5.99. The van der Waals surface area contributed by atoms with E-state index in [0.717, 1.165) is 16.8 Å². The van der Waals surface area contributed by atoms with Crippen LogP contribution in [-0.4, -0.2) is 5.91 Å². The number of amides is 1. The van der Waals surface area contributed by atoms with Crippen LogP contribution in [-0.2, 0) is 4.79 Å². The standard InChI is InChI=1S/C7H9NO/c1-4-5(2)7(9)8-6(4)3/h3H2,1-2H3,(H,8,9). The summed E-state index contributed by atoms with van der Waals surface area (Å²) in [5, 5.41) is 2.61. The van der Waals surface area contributed by atoms with Crippen molar-refractivity contribution >= 4 is 5.91 Å². The van der Waals surface area contributed by atoms with E-state index < -0.39 is 0 Å². The maximum Gasteiger partial charge on any atom is 0.251 e. The van der Waals surface area contributed by atoms with Crippen LogP contribution in [0.5, 0.6) is 0 Å². The van der Waals surface area contributed by atoms with Gasteiger partial charge in [0.1, 0.15) is 0 Å². The zero-order valence-electron chi connectivity index (χ0n) is 5.62. The molecule has 1 N–H and O–H groups in total. The Morgan fingerprint density at radius 2 is 1.89 bits per heavy atom. The number of nitrogens with one attached hydrogen (secondary N) is 1. The van der Waals surface area contributed by atoms with Crippen molar-refractivity contribution in [1.29, 1.82) is 0 Å². The molecule has 0 spiro atoms. The molecule has 2 nitrogen and oxygen atoms in total. The van der Waals surface area contributed by atoms with Crippen LogP contribution in [0.3, 0.4) is 0 Å². The lowest BCUT2D eigenvalue weighted by atomic mass is 10.2. The van der Waals surface area contributed by atoms with E-state index in [0.29, 0.717) is 0 Å². The van der Waals surface area contributed by atoms with Crippen LogP contribution in [0.25, 0.3) is 0 Å². The second kappa shape index (κ2) is 1.72. The highest BCUT2D eigenvalue weighted by Crippen LogP contribution is 2.16. The van der Waals surface area contributed by atoms with Gasteiger partial charge in [-0.05, 0) is 19.4 Å². The number of hydrogen-bond acceptors (Lipinski definition) is 1. The van der Waals surface area contributed by atoms with Crippen molar-refractivity contribution in [2.24, 2.45) is 0 Å². The molecule has 0 aromatic rings. The number of hydrogen-bond donors (Lipinski definition) is 1. The second-order valence-corrected chi connectivity index (χ2v) is 2.18. The summed E-state index contributed by atoms with van der Waals surface area (Å²) in [4.78, 5) is 10.8. The fraction of sp³-hybridized carbons (Fsp3) is 0.286. The quantitative estimate of drug-likeness (QED) is 0.511. The van der Waals surface area contributed by atoms with Gasteiger partial charge < -0.3 is 5.32 Å². The molecule has 0 saturated carbocycles. The molecule has 0 bridgehead atoms. The van der Waals surface area contributed by atoms with E-state index in [1.165, 1.54) is 0 Å². The zero-order valence-corrected chi connectivity index (χ0v) is 5.62. The van der Waals surface area contributed by atoms with Crippen molar-refractivity contribution < 1.29 is 4.79 Å². The van der Waals surface area contributed by atoms with Gasteiger partial charge in [-0.25, -0.2) is 0 Å². The zero-order chi connectivity index (χ0) is 7.02. The molecule has 48 valence electrons. The Morgan fingerprint density at radius 1 is 1.33 bits per heavy atom. The lowest BCUT2D eigenvalue weighted by Gasteiger charge is -1.91. The summed E-state index contributed by atoms with van der Waals surface area (Å²) in [5.41, 5.74) is 2.48. The van der Waals surface area contributed by atoms with Gasteiger partial charge in [-0.3, -0.25) is 4.79 Å². The van der Waals surface area contributed by atoms with E-state index in [2.05, 4.69) is 11.9 Å². The molecule has 1 amide bonds. The van der Waals surface area contributed by atoms with Crippen LogP contribution in [0.2, 0.25) is 0 Å². The van der Waals surface area contributed by atoms with Crippen molar-refractivity contribution in [2.75, 3.05) is 0 Å². The van der Waals surface area contributed by atoms with E-state index in [-0.39, 0.29) is 5.91 Å². The average Bonchev–Trinajstić information content (AvgIpc) is 1.98. The molecule has 9 heavy (non-hydrogen) atoms. The molecule has 0 saturated heterocycles. The Kier molecular flexibility index (Phi) is 1.16. The first-order valence-corrected chi connectivity index (χ1v) is 2.81. The number of carbonyl (C=O) groups excluding carboxylic acids is 1. The van der Waals surface area contributed by atoms with Crippen LogP contribution in [0.4, 0.5) is 0 Å². The highest BCUT2D eigenvalue weighted by Gasteiger charge is 2.17. The van der Waals surface area contributed by atoms with Gasteiger partial charge in [0, 0.05) is 11.3 Å². The third-order valence-electron chi connectivity index (χ3n) is 1.62. The first-order valence-electron chi connectivity index (χ1n) is 2.81. The molecule has 0 aliphatic carbocycles. The summed E-state index contributed by atoms with van der Waals surface area (Å²) in [5.74, 6) is -0.0162. The Labute approximate surface area is 54.3 Å². The predicted molar refractivity (Wildman–Crippen MR) is 35.7 cm³/mol. The van der Waals surface area contributed by atoms with Crippen molar-refractivity contribution in [3.05, 3.63) is 23.4 Å². The minimum atomic E-state index is -0.0162. The van der Waals surface area contributed by atoms with Gasteiger partial charge in [-0.1, -0.05) is 6.58 Å². The van der Waals surface area contributed by atoms with Crippen LogP contribution < -0.4 is 5.32 Å². The molecule has 2 heteroatoms. The number of carbonyl (C=O) groups is 1. The average molecular weight is 123 g/mol. The molecule has 1 heterocycles. The molecular weight excluding hydrogens is 114 g/mol.